The smallest absolute Gasteiger partial charge is 0.251 e. The van der Waals surface area contributed by atoms with Gasteiger partial charge in [0.1, 0.15) is 6.33 Å². The fraction of sp³-hybridized carbons (Fsp3) is 0.130. The van der Waals surface area contributed by atoms with Crippen LogP contribution >= 0.6 is 0 Å². The van der Waals surface area contributed by atoms with Gasteiger partial charge in [-0.2, -0.15) is 0 Å². The van der Waals surface area contributed by atoms with E-state index in [1.807, 2.05) is 68.4 Å². The van der Waals surface area contributed by atoms with Gasteiger partial charge in [-0.15, -0.1) is 5.10 Å². The number of tetrazole rings is 1. The molecular formula is C23H21N5O. The quantitative estimate of drug-likeness (QED) is 0.562. The third-order valence-electron chi connectivity index (χ3n) is 4.83. The Kier molecular flexibility index (Phi) is 5.16. The monoisotopic (exact) mass is 383 g/mol. The van der Waals surface area contributed by atoms with Gasteiger partial charge >= 0.3 is 0 Å². The molecule has 3 aromatic carbocycles. The van der Waals surface area contributed by atoms with E-state index in [1.165, 1.54) is 11.9 Å². The van der Waals surface area contributed by atoms with Crippen molar-refractivity contribution in [2.45, 2.75) is 19.9 Å². The van der Waals surface area contributed by atoms with Gasteiger partial charge in [0.05, 0.1) is 11.7 Å². The Morgan fingerprint density at radius 2 is 1.72 bits per heavy atom. The van der Waals surface area contributed by atoms with E-state index in [9.17, 15) is 4.79 Å². The van der Waals surface area contributed by atoms with E-state index in [4.69, 9.17) is 0 Å². The molecule has 6 nitrogen and oxygen atoms in total. The van der Waals surface area contributed by atoms with Crippen LogP contribution in [0.25, 0.3) is 16.8 Å². The second kappa shape index (κ2) is 8.06. The Labute approximate surface area is 169 Å². The van der Waals surface area contributed by atoms with Crippen molar-refractivity contribution >= 4 is 5.91 Å². The van der Waals surface area contributed by atoms with Crippen LogP contribution < -0.4 is 5.32 Å². The molecule has 0 saturated carbocycles. The summed E-state index contributed by atoms with van der Waals surface area (Å²) in [6.07, 6.45) is 1.52. The predicted molar refractivity (Wildman–Crippen MR) is 112 cm³/mol. The van der Waals surface area contributed by atoms with Gasteiger partial charge in [0.25, 0.3) is 5.91 Å². The summed E-state index contributed by atoms with van der Waals surface area (Å²) < 4.78 is 1.55. The summed E-state index contributed by atoms with van der Waals surface area (Å²) in [4.78, 5) is 13.0. The van der Waals surface area contributed by atoms with Gasteiger partial charge in [0.2, 0.25) is 0 Å². The van der Waals surface area contributed by atoms with E-state index in [0.29, 0.717) is 5.56 Å². The predicted octanol–water partition coefficient (Wildman–Crippen LogP) is 4.13. The third-order valence-corrected chi connectivity index (χ3v) is 4.83. The van der Waals surface area contributed by atoms with Crippen molar-refractivity contribution < 1.29 is 4.79 Å². The van der Waals surface area contributed by atoms with Crippen molar-refractivity contribution in [3.05, 3.63) is 95.8 Å². The molecule has 1 amide bonds. The summed E-state index contributed by atoms with van der Waals surface area (Å²) in [6.45, 7) is 4.02. The number of rotatable bonds is 5. The van der Waals surface area contributed by atoms with Crippen LogP contribution in [0.5, 0.6) is 0 Å². The first-order chi connectivity index (χ1) is 14.1. The molecule has 0 radical (unpaired) electrons. The standard InChI is InChI=1S/C23H21N5O/c1-16-8-10-19(11-9-16)20-12-21(14-22(13-20)28-15-24-26-27-28)23(29)25-17(2)18-6-4-3-5-7-18/h3-15,17H,1-2H3,(H,25,29)/t17-/m0/s1. The lowest BCUT2D eigenvalue weighted by atomic mass is 10.00. The number of nitrogens with one attached hydrogen (secondary N) is 1. The molecule has 0 spiro atoms. The number of carbonyl (C=O) groups excluding carboxylic acids is 1. The van der Waals surface area contributed by atoms with E-state index in [-0.39, 0.29) is 11.9 Å². The summed E-state index contributed by atoms with van der Waals surface area (Å²) >= 11 is 0. The molecule has 0 aliphatic heterocycles. The van der Waals surface area contributed by atoms with E-state index < -0.39 is 0 Å². The zero-order valence-electron chi connectivity index (χ0n) is 16.3. The molecule has 29 heavy (non-hydrogen) atoms. The first-order valence-electron chi connectivity index (χ1n) is 9.41. The highest BCUT2D eigenvalue weighted by molar-refractivity contribution is 5.96. The number of carbonyl (C=O) groups is 1. The zero-order chi connectivity index (χ0) is 20.2. The fourth-order valence-corrected chi connectivity index (χ4v) is 3.17. The molecule has 1 atom stereocenters. The summed E-state index contributed by atoms with van der Waals surface area (Å²) in [5.74, 6) is -0.148. The highest BCUT2D eigenvalue weighted by atomic mass is 16.1. The highest BCUT2D eigenvalue weighted by Crippen LogP contribution is 2.25. The maximum atomic E-state index is 13.0. The molecule has 0 fully saturated rings. The number of hydrogen-bond acceptors (Lipinski definition) is 4. The van der Waals surface area contributed by atoms with Crippen molar-refractivity contribution in [3.63, 3.8) is 0 Å². The van der Waals surface area contributed by atoms with Crippen LogP contribution in [0.2, 0.25) is 0 Å². The van der Waals surface area contributed by atoms with Gasteiger partial charge in [0, 0.05) is 5.56 Å². The minimum atomic E-state index is -0.148. The average Bonchev–Trinajstić information content (AvgIpc) is 3.29. The van der Waals surface area contributed by atoms with Crippen molar-refractivity contribution in [1.82, 2.24) is 25.5 Å². The highest BCUT2D eigenvalue weighted by Gasteiger charge is 2.15. The van der Waals surface area contributed by atoms with Gasteiger partial charge in [-0.3, -0.25) is 4.79 Å². The first-order valence-corrected chi connectivity index (χ1v) is 9.41. The molecule has 1 heterocycles. The summed E-state index contributed by atoms with van der Waals surface area (Å²) in [6, 6.07) is 23.6. The number of hydrogen-bond donors (Lipinski definition) is 1. The lowest BCUT2D eigenvalue weighted by Crippen LogP contribution is -2.26. The van der Waals surface area contributed by atoms with E-state index in [1.54, 1.807) is 10.7 Å². The van der Waals surface area contributed by atoms with Crippen molar-refractivity contribution in [1.29, 1.82) is 0 Å². The lowest BCUT2D eigenvalue weighted by molar-refractivity contribution is 0.0940. The minimum absolute atomic E-state index is 0.108. The number of amides is 1. The van der Waals surface area contributed by atoms with Crippen LogP contribution in [0.15, 0.2) is 79.1 Å². The first kappa shape index (κ1) is 18.6. The molecule has 0 bridgehead atoms. The number of aromatic nitrogens is 4. The van der Waals surface area contributed by atoms with Crippen LogP contribution in [0, 0.1) is 6.92 Å². The largest absolute Gasteiger partial charge is 0.346 e. The van der Waals surface area contributed by atoms with Crippen LogP contribution in [0.3, 0.4) is 0 Å². The van der Waals surface area contributed by atoms with E-state index in [2.05, 4.69) is 33.0 Å². The van der Waals surface area contributed by atoms with Crippen LogP contribution in [-0.2, 0) is 0 Å². The number of nitrogens with zero attached hydrogens (tertiary/aromatic N) is 4. The molecule has 0 saturated heterocycles. The van der Waals surface area contributed by atoms with Crippen LogP contribution in [0.4, 0.5) is 0 Å². The Morgan fingerprint density at radius 1 is 0.966 bits per heavy atom. The molecule has 0 unspecified atom stereocenters. The van der Waals surface area contributed by atoms with Gasteiger partial charge < -0.3 is 5.32 Å². The third kappa shape index (κ3) is 4.21. The number of benzene rings is 3. The molecule has 0 aliphatic rings. The second-order valence-corrected chi connectivity index (χ2v) is 6.99. The number of aryl methyl sites for hydroxylation is 1. The molecule has 0 aliphatic carbocycles. The maximum Gasteiger partial charge on any atom is 0.251 e. The topological polar surface area (TPSA) is 72.7 Å². The van der Waals surface area contributed by atoms with Crippen LogP contribution in [-0.4, -0.2) is 26.1 Å². The zero-order valence-corrected chi connectivity index (χ0v) is 16.3. The molecule has 4 aromatic rings. The Morgan fingerprint density at radius 3 is 2.41 bits per heavy atom. The van der Waals surface area contributed by atoms with Gasteiger partial charge in [-0.1, -0.05) is 60.2 Å². The molecule has 1 N–H and O–H groups in total. The summed E-state index contributed by atoms with van der Waals surface area (Å²) in [7, 11) is 0. The molecule has 6 heteroatoms. The normalized spacial score (nSPS) is 11.8. The van der Waals surface area contributed by atoms with Crippen LogP contribution in [0.1, 0.15) is 34.5 Å². The maximum absolute atomic E-state index is 13.0. The molecule has 1 aromatic heterocycles. The summed E-state index contributed by atoms with van der Waals surface area (Å²) in [5, 5.41) is 14.5. The van der Waals surface area contributed by atoms with Crippen molar-refractivity contribution in [2.24, 2.45) is 0 Å². The Hall–Kier alpha value is -3.80. The van der Waals surface area contributed by atoms with Gasteiger partial charge in [-0.05, 0) is 59.2 Å². The Balaban J connectivity index is 1.70. The van der Waals surface area contributed by atoms with Crippen molar-refractivity contribution in [3.8, 4) is 16.8 Å². The molecule has 144 valence electrons. The van der Waals surface area contributed by atoms with Crippen molar-refractivity contribution in [2.75, 3.05) is 0 Å². The minimum Gasteiger partial charge on any atom is -0.346 e. The van der Waals surface area contributed by atoms with Gasteiger partial charge in [0.15, 0.2) is 0 Å². The fourth-order valence-electron chi connectivity index (χ4n) is 3.17. The molecule has 4 rings (SSSR count). The average molecular weight is 383 g/mol. The second-order valence-electron chi connectivity index (χ2n) is 6.99. The SMILES string of the molecule is Cc1ccc(-c2cc(C(=O)N[C@@H](C)c3ccccc3)cc(-n3cnnn3)c2)cc1. The molecular weight excluding hydrogens is 362 g/mol. The lowest BCUT2D eigenvalue weighted by Gasteiger charge is -2.16. The van der Waals surface area contributed by atoms with Gasteiger partial charge in [-0.25, -0.2) is 4.68 Å². The summed E-state index contributed by atoms with van der Waals surface area (Å²) in [5.41, 5.74) is 5.46. The van der Waals surface area contributed by atoms with E-state index in [0.717, 1.165) is 22.4 Å². The van der Waals surface area contributed by atoms with E-state index >= 15 is 0 Å². The Bertz CT molecular complexity index is 1110.